The van der Waals surface area contributed by atoms with Gasteiger partial charge in [-0.1, -0.05) is 100 Å². The number of hydrogen-bond acceptors (Lipinski definition) is 2. The molecule has 1 saturated carbocycles. The normalized spacial score (nSPS) is 18.9. The van der Waals surface area contributed by atoms with Gasteiger partial charge in [-0.2, -0.15) is 26.3 Å². The molecule has 3 aromatic carbocycles. The molecule has 0 aromatic heterocycles. The molecule has 2 N–H and O–H groups in total. The van der Waals surface area contributed by atoms with Crippen molar-refractivity contribution < 1.29 is 26.3 Å². The minimum absolute atomic E-state index is 0.0841. The SMILES string of the molecule is C#Cc1ccc(C(Cc2cccc(-c3ccc(C4=NCC(C)(C(F)(F)F)C4)cc3)c2)C2CCCCC2)cc1C(F)(F)F.C=CN.CC. The molecule has 3 aromatic rings. The number of nitrogens with two attached hydrogens (primary N) is 1. The summed E-state index contributed by atoms with van der Waals surface area (Å²) in [6.45, 7) is 8.07. The third-order valence-corrected chi connectivity index (χ3v) is 8.95. The molecule has 0 bridgehead atoms. The molecule has 2 atom stereocenters. The Hall–Kier alpha value is -3.99. The first kappa shape index (κ1) is 37.5. The molecule has 47 heavy (non-hydrogen) atoms. The van der Waals surface area contributed by atoms with E-state index in [1.54, 1.807) is 18.2 Å². The number of hydrogen-bond donors (Lipinski definition) is 1. The zero-order valence-electron chi connectivity index (χ0n) is 27.3. The van der Waals surface area contributed by atoms with Crippen LogP contribution in [0.15, 0.2) is 84.5 Å². The van der Waals surface area contributed by atoms with Crippen molar-refractivity contribution >= 4 is 5.71 Å². The average molecular weight is 655 g/mol. The number of aliphatic imine (C=N–C) groups is 1. The van der Waals surface area contributed by atoms with E-state index in [1.165, 1.54) is 25.3 Å². The Labute approximate surface area is 275 Å². The lowest BCUT2D eigenvalue weighted by Crippen LogP contribution is -2.36. The van der Waals surface area contributed by atoms with Gasteiger partial charge in [0.05, 0.1) is 17.5 Å². The molecule has 0 saturated heterocycles. The predicted octanol–water partition coefficient (Wildman–Crippen LogP) is 11.1. The lowest BCUT2D eigenvalue weighted by atomic mass is 9.73. The minimum atomic E-state index is -4.53. The highest BCUT2D eigenvalue weighted by atomic mass is 19.4. The van der Waals surface area contributed by atoms with Gasteiger partial charge < -0.3 is 5.73 Å². The first-order chi connectivity index (χ1) is 22.3. The summed E-state index contributed by atoms with van der Waals surface area (Å²) in [6, 6.07) is 19.7. The second kappa shape index (κ2) is 16.2. The molecule has 1 aliphatic heterocycles. The molecule has 2 nitrogen and oxygen atoms in total. The molecular formula is C39H44F6N2. The maximum atomic E-state index is 13.9. The summed E-state index contributed by atoms with van der Waals surface area (Å²) < 4.78 is 81.9. The molecule has 5 rings (SSSR count). The molecular weight excluding hydrogens is 610 g/mol. The van der Waals surface area contributed by atoms with E-state index in [0.717, 1.165) is 48.8 Å². The highest BCUT2D eigenvalue weighted by Gasteiger charge is 2.53. The molecule has 0 amide bonds. The Morgan fingerprint density at radius 1 is 0.936 bits per heavy atom. The fourth-order valence-electron chi connectivity index (χ4n) is 6.37. The average Bonchev–Trinajstić information content (AvgIpc) is 3.48. The summed E-state index contributed by atoms with van der Waals surface area (Å²) in [7, 11) is 0. The van der Waals surface area contributed by atoms with Crippen LogP contribution in [0.1, 0.15) is 93.0 Å². The highest BCUT2D eigenvalue weighted by molar-refractivity contribution is 6.02. The topological polar surface area (TPSA) is 38.4 Å². The van der Waals surface area contributed by atoms with Crippen molar-refractivity contribution in [2.75, 3.05) is 6.54 Å². The van der Waals surface area contributed by atoms with E-state index >= 15 is 0 Å². The van der Waals surface area contributed by atoms with Crippen LogP contribution in [0.5, 0.6) is 0 Å². The van der Waals surface area contributed by atoms with E-state index in [1.807, 2.05) is 44.2 Å². The molecule has 0 spiro atoms. The second-order valence-corrected chi connectivity index (χ2v) is 12.2. The Morgan fingerprint density at radius 3 is 2.11 bits per heavy atom. The lowest BCUT2D eigenvalue weighted by Gasteiger charge is -2.31. The van der Waals surface area contributed by atoms with Gasteiger partial charge in [0.1, 0.15) is 0 Å². The van der Waals surface area contributed by atoms with E-state index in [4.69, 9.17) is 6.42 Å². The first-order valence-electron chi connectivity index (χ1n) is 16.1. The van der Waals surface area contributed by atoms with Crippen LogP contribution in [-0.2, 0) is 12.6 Å². The van der Waals surface area contributed by atoms with Crippen molar-refractivity contribution in [3.05, 3.63) is 107 Å². The van der Waals surface area contributed by atoms with Crippen LogP contribution >= 0.6 is 0 Å². The smallest absolute Gasteiger partial charge is 0.405 e. The summed E-state index contributed by atoms with van der Waals surface area (Å²) in [4.78, 5) is 4.20. The molecule has 1 aliphatic carbocycles. The summed E-state index contributed by atoms with van der Waals surface area (Å²) in [5.74, 6) is 2.37. The van der Waals surface area contributed by atoms with Gasteiger partial charge in [-0.25, -0.2) is 0 Å². The summed E-state index contributed by atoms with van der Waals surface area (Å²) in [5.41, 5.74) is 6.51. The molecule has 0 radical (unpaired) electrons. The highest BCUT2D eigenvalue weighted by Crippen LogP contribution is 2.45. The largest absolute Gasteiger partial charge is 0.417 e. The van der Waals surface area contributed by atoms with Crippen molar-refractivity contribution in [3.8, 4) is 23.5 Å². The number of halogens is 6. The van der Waals surface area contributed by atoms with Crippen LogP contribution in [0.3, 0.4) is 0 Å². The van der Waals surface area contributed by atoms with Crippen LogP contribution in [0.2, 0.25) is 0 Å². The van der Waals surface area contributed by atoms with Gasteiger partial charge in [0.25, 0.3) is 0 Å². The molecule has 2 unspecified atom stereocenters. The van der Waals surface area contributed by atoms with Gasteiger partial charge in [-0.3, -0.25) is 4.99 Å². The van der Waals surface area contributed by atoms with Crippen LogP contribution in [0.4, 0.5) is 26.3 Å². The quantitative estimate of drug-likeness (QED) is 0.208. The molecule has 8 heteroatoms. The van der Waals surface area contributed by atoms with Gasteiger partial charge in [0.2, 0.25) is 0 Å². The monoisotopic (exact) mass is 654 g/mol. The van der Waals surface area contributed by atoms with Gasteiger partial charge in [-0.05, 0) is 84.2 Å². The van der Waals surface area contributed by atoms with E-state index in [0.29, 0.717) is 23.3 Å². The molecule has 252 valence electrons. The van der Waals surface area contributed by atoms with Gasteiger partial charge >= 0.3 is 12.4 Å². The maximum absolute atomic E-state index is 13.9. The van der Waals surface area contributed by atoms with Crippen molar-refractivity contribution in [3.63, 3.8) is 0 Å². The van der Waals surface area contributed by atoms with Crippen LogP contribution in [0, 0.1) is 23.7 Å². The van der Waals surface area contributed by atoms with Crippen molar-refractivity contribution in [1.82, 2.24) is 0 Å². The van der Waals surface area contributed by atoms with Crippen LogP contribution in [-0.4, -0.2) is 18.4 Å². The molecule has 1 heterocycles. The third-order valence-electron chi connectivity index (χ3n) is 8.95. The fraction of sp³-hybridized carbons (Fsp3) is 0.410. The number of alkyl halides is 6. The van der Waals surface area contributed by atoms with E-state index in [9.17, 15) is 26.3 Å². The Kier molecular flexibility index (Phi) is 12.9. The minimum Gasteiger partial charge on any atom is -0.405 e. The van der Waals surface area contributed by atoms with Crippen LogP contribution in [0.25, 0.3) is 11.1 Å². The first-order valence-corrected chi connectivity index (χ1v) is 16.1. The van der Waals surface area contributed by atoms with Gasteiger partial charge in [0, 0.05) is 17.7 Å². The van der Waals surface area contributed by atoms with Crippen molar-refractivity contribution in [2.24, 2.45) is 22.1 Å². The zero-order valence-corrected chi connectivity index (χ0v) is 27.3. The third kappa shape index (κ3) is 9.31. The summed E-state index contributed by atoms with van der Waals surface area (Å²) >= 11 is 0. The van der Waals surface area contributed by atoms with Crippen LogP contribution < -0.4 is 5.73 Å². The lowest BCUT2D eigenvalue weighted by molar-refractivity contribution is -0.209. The Balaban J connectivity index is 0.00000114. The molecule has 2 aliphatic rings. The standard InChI is InChI=1S/C35H33F6N.C2H5N.C2H6/c1-3-24-12-17-29(20-31(24)34(36,37)38)30(26-9-5-4-6-10-26)19-23-8-7-11-28(18-23)25-13-15-27(16-14-25)32-21-33(2,22-42-32)35(39,40)41;1-2-3;1-2/h1,7-8,11-18,20,26,30H,4-6,9-10,19,21-22H2,2H3;2H,1,3H2;1-2H3. The summed E-state index contributed by atoms with van der Waals surface area (Å²) in [6.07, 6.45) is 3.45. The number of terminal acetylenes is 1. The Morgan fingerprint density at radius 2 is 1.55 bits per heavy atom. The Bertz CT molecular complexity index is 1540. The molecule has 1 fully saturated rings. The number of nitrogens with zero attached hydrogens (tertiary/aromatic N) is 1. The number of rotatable bonds is 6. The van der Waals surface area contributed by atoms with E-state index in [-0.39, 0.29) is 30.4 Å². The van der Waals surface area contributed by atoms with Crippen molar-refractivity contribution in [1.29, 1.82) is 0 Å². The van der Waals surface area contributed by atoms with E-state index in [2.05, 4.69) is 29.3 Å². The van der Waals surface area contributed by atoms with Gasteiger partial charge in [-0.15, -0.1) is 6.42 Å². The van der Waals surface area contributed by atoms with E-state index < -0.39 is 23.3 Å². The number of benzene rings is 3. The van der Waals surface area contributed by atoms with Crippen molar-refractivity contribution in [2.45, 2.75) is 84.0 Å². The maximum Gasteiger partial charge on any atom is 0.417 e. The predicted molar refractivity (Wildman–Crippen MR) is 180 cm³/mol. The van der Waals surface area contributed by atoms with Gasteiger partial charge in [0.15, 0.2) is 0 Å². The zero-order chi connectivity index (χ0) is 34.8. The fourth-order valence-corrected chi connectivity index (χ4v) is 6.37. The second-order valence-electron chi connectivity index (χ2n) is 12.2. The summed E-state index contributed by atoms with van der Waals surface area (Å²) in [5, 5.41) is 0.